The largest absolute Gasteiger partial charge is 0.356 e. The lowest BCUT2D eigenvalue weighted by molar-refractivity contribution is 0.0528. The van der Waals surface area contributed by atoms with E-state index in [4.69, 9.17) is 0 Å². The maximum Gasteiger partial charge on any atom is 0.274 e. The standard InChI is InChI=1S/C23H24N4OS/c28-22(19-14-26-12-13-29-23(26)25-19)27-11-10-17-16-8-4-5-9-18(16)24-20(17)21(27)15-6-2-1-3-7-15/h4-5,8-9,12-15,21,24H,1-3,6-7,10-11H2/t21-/m1/s1. The quantitative estimate of drug-likeness (QED) is 0.499. The highest BCUT2D eigenvalue weighted by Gasteiger charge is 2.39. The number of benzene rings is 1. The van der Waals surface area contributed by atoms with Crippen LogP contribution < -0.4 is 0 Å². The fraction of sp³-hybridized carbons (Fsp3) is 0.391. The zero-order chi connectivity index (χ0) is 19.4. The summed E-state index contributed by atoms with van der Waals surface area (Å²) in [6.07, 6.45) is 11.0. The molecule has 1 atom stereocenters. The number of aromatic nitrogens is 3. The molecular weight excluding hydrogens is 380 g/mol. The summed E-state index contributed by atoms with van der Waals surface area (Å²) in [5, 5.41) is 3.32. The summed E-state index contributed by atoms with van der Waals surface area (Å²) < 4.78 is 1.95. The first-order valence-electron chi connectivity index (χ1n) is 10.6. The van der Waals surface area contributed by atoms with Crippen molar-refractivity contribution in [3.05, 3.63) is 59.0 Å². The Balaban J connectivity index is 1.44. The normalized spacial score (nSPS) is 20.4. The minimum atomic E-state index is 0.0702. The Hall–Kier alpha value is -2.60. The van der Waals surface area contributed by atoms with Gasteiger partial charge in [0.2, 0.25) is 0 Å². The Bertz CT molecular complexity index is 1170. The fourth-order valence-corrected chi connectivity index (χ4v) is 6.12. The molecule has 4 heterocycles. The number of amides is 1. The summed E-state index contributed by atoms with van der Waals surface area (Å²) in [7, 11) is 0. The van der Waals surface area contributed by atoms with Crippen molar-refractivity contribution in [2.75, 3.05) is 6.54 Å². The van der Waals surface area contributed by atoms with Crippen LogP contribution in [0.1, 0.15) is 59.9 Å². The van der Waals surface area contributed by atoms with Crippen LogP contribution in [0.4, 0.5) is 0 Å². The first kappa shape index (κ1) is 17.3. The molecule has 6 rings (SSSR count). The Morgan fingerprint density at radius 3 is 2.90 bits per heavy atom. The maximum atomic E-state index is 13.6. The molecule has 5 nitrogen and oxygen atoms in total. The maximum absolute atomic E-state index is 13.6. The summed E-state index contributed by atoms with van der Waals surface area (Å²) in [5.41, 5.74) is 4.43. The number of hydrogen-bond acceptors (Lipinski definition) is 3. The molecule has 0 radical (unpaired) electrons. The molecule has 1 aliphatic heterocycles. The molecule has 0 saturated heterocycles. The van der Waals surface area contributed by atoms with Crippen LogP contribution >= 0.6 is 11.3 Å². The van der Waals surface area contributed by atoms with Crippen LogP contribution in [0.25, 0.3) is 15.9 Å². The molecule has 148 valence electrons. The molecule has 0 bridgehead atoms. The van der Waals surface area contributed by atoms with E-state index in [-0.39, 0.29) is 11.9 Å². The van der Waals surface area contributed by atoms with Gasteiger partial charge >= 0.3 is 0 Å². The van der Waals surface area contributed by atoms with E-state index >= 15 is 0 Å². The minimum Gasteiger partial charge on any atom is -0.356 e. The number of nitrogens with zero attached hydrogens (tertiary/aromatic N) is 3. The lowest BCUT2D eigenvalue weighted by Crippen LogP contribution is -2.43. The molecule has 1 N–H and O–H groups in total. The molecule has 0 unspecified atom stereocenters. The van der Waals surface area contributed by atoms with Crippen LogP contribution in [-0.4, -0.2) is 31.7 Å². The van der Waals surface area contributed by atoms with Gasteiger partial charge in [-0.2, -0.15) is 0 Å². The van der Waals surface area contributed by atoms with Gasteiger partial charge < -0.3 is 9.88 Å². The predicted molar refractivity (Wildman–Crippen MR) is 115 cm³/mol. The first-order chi connectivity index (χ1) is 14.3. The summed E-state index contributed by atoms with van der Waals surface area (Å²) in [6, 6.07) is 8.69. The average Bonchev–Trinajstić information content (AvgIpc) is 3.46. The van der Waals surface area contributed by atoms with Crippen molar-refractivity contribution in [2.24, 2.45) is 5.92 Å². The van der Waals surface area contributed by atoms with Gasteiger partial charge in [0, 0.05) is 40.9 Å². The SMILES string of the molecule is O=C(c1cn2ccsc2n1)N1CCc2c([nH]c3ccccc23)[C@H]1C1CCCCC1. The number of thiazole rings is 1. The minimum absolute atomic E-state index is 0.0702. The fourth-order valence-electron chi connectivity index (χ4n) is 5.42. The van der Waals surface area contributed by atoms with E-state index in [1.807, 2.05) is 22.2 Å². The third-order valence-corrected chi connectivity index (χ3v) is 7.52. The Kier molecular flexibility index (Phi) is 4.01. The highest BCUT2D eigenvalue weighted by atomic mass is 32.1. The van der Waals surface area contributed by atoms with E-state index in [0.29, 0.717) is 11.6 Å². The van der Waals surface area contributed by atoms with Crippen LogP contribution in [-0.2, 0) is 6.42 Å². The topological polar surface area (TPSA) is 53.4 Å². The van der Waals surface area contributed by atoms with E-state index in [2.05, 4.69) is 39.1 Å². The van der Waals surface area contributed by atoms with Crippen LogP contribution in [0.3, 0.4) is 0 Å². The second-order valence-electron chi connectivity index (χ2n) is 8.37. The zero-order valence-corrected chi connectivity index (χ0v) is 17.1. The number of para-hydroxylation sites is 1. The van der Waals surface area contributed by atoms with Crippen LogP contribution in [0.5, 0.6) is 0 Å². The molecule has 3 aromatic heterocycles. The van der Waals surface area contributed by atoms with Crippen LogP contribution in [0.15, 0.2) is 42.0 Å². The number of H-pyrrole nitrogens is 1. The second-order valence-corrected chi connectivity index (χ2v) is 9.25. The van der Waals surface area contributed by atoms with Gasteiger partial charge in [-0.25, -0.2) is 4.98 Å². The predicted octanol–water partition coefficient (Wildman–Crippen LogP) is 5.20. The lowest BCUT2D eigenvalue weighted by Gasteiger charge is -2.41. The second kappa shape index (κ2) is 6.73. The molecular formula is C23H24N4OS. The summed E-state index contributed by atoms with van der Waals surface area (Å²) in [6.45, 7) is 0.764. The molecule has 1 saturated carbocycles. The van der Waals surface area contributed by atoms with Crippen molar-refractivity contribution in [2.45, 2.75) is 44.6 Å². The van der Waals surface area contributed by atoms with Gasteiger partial charge in [0.1, 0.15) is 5.69 Å². The number of hydrogen-bond donors (Lipinski definition) is 1. The van der Waals surface area contributed by atoms with E-state index in [1.165, 1.54) is 54.3 Å². The third kappa shape index (κ3) is 2.73. The van der Waals surface area contributed by atoms with E-state index in [0.717, 1.165) is 17.9 Å². The van der Waals surface area contributed by atoms with Crippen LogP contribution in [0, 0.1) is 5.92 Å². The zero-order valence-electron chi connectivity index (χ0n) is 16.3. The van der Waals surface area contributed by atoms with Gasteiger partial charge in [0.05, 0.1) is 6.04 Å². The lowest BCUT2D eigenvalue weighted by atomic mass is 9.79. The molecule has 1 aromatic carbocycles. The Labute approximate surface area is 173 Å². The van der Waals surface area contributed by atoms with Crippen molar-refractivity contribution in [1.29, 1.82) is 0 Å². The molecule has 29 heavy (non-hydrogen) atoms. The molecule has 0 spiro atoms. The average molecular weight is 405 g/mol. The van der Waals surface area contributed by atoms with E-state index in [1.54, 1.807) is 11.3 Å². The highest BCUT2D eigenvalue weighted by molar-refractivity contribution is 7.15. The smallest absolute Gasteiger partial charge is 0.274 e. The molecule has 1 aliphatic carbocycles. The molecule has 6 heteroatoms. The molecule has 4 aromatic rings. The van der Waals surface area contributed by atoms with Gasteiger partial charge in [-0.05, 0) is 36.8 Å². The van der Waals surface area contributed by atoms with Crippen molar-refractivity contribution < 1.29 is 4.79 Å². The number of carbonyl (C=O) groups excluding carboxylic acids is 1. The van der Waals surface area contributed by atoms with Crippen molar-refractivity contribution in [1.82, 2.24) is 19.3 Å². The number of imidazole rings is 1. The van der Waals surface area contributed by atoms with E-state index < -0.39 is 0 Å². The first-order valence-corrected chi connectivity index (χ1v) is 11.5. The number of carbonyl (C=O) groups is 1. The summed E-state index contributed by atoms with van der Waals surface area (Å²) in [4.78, 5) is 24.9. The molecule has 1 amide bonds. The summed E-state index contributed by atoms with van der Waals surface area (Å²) >= 11 is 1.57. The van der Waals surface area contributed by atoms with Gasteiger partial charge in [0.25, 0.3) is 5.91 Å². The van der Waals surface area contributed by atoms with Gasteiger partial charge in [-0.3, -0.25) is 9.20 Å². The number of nitrogens with one attached hydrogen (secondary N) is 1. The molecule has 2 aliphatic rings. The highest BCUT2D eigenvalue weighted by Crippen LogP contribution is 2.44. The monoisotopic (exact) mass is 404 g/mol. The van der Waals surface area contributed by atoms with Crippen LogP contribution in [0.2, 0.25) is 0 Å². The van der Waals surface area contributed by atoms with E-state index in [9.17, 15) is 4.79 Å². The van der Waals surface area contributed by atoms with Gasteiger partial charge in [-0.1, -0.05) is 37.5 Å². The van der Waals surface area contributed by atoms with Crippen molar-refractivity contribution in [3.63, 3.8) is 0 Å². The van der Waals surface area contributed by atoms with Crippen molar-refractivity contribution in [3.8, 4) is 0 Å². The third-order valence-electron chi connectivity index (χ3n) is 6.75. The Morgan fingerprint density at radius 2 is 2.03 bits per heavy atom. The van der Waals surface area contributed by atoms with Gasteiger partial charge in [-0.15, -0.1) is 11.3 Å². The number of rotatable bonds is 2. The van der Waals surface area contributed by atoms with Gasteiger partial charge in [0.15, 0.2) is 4.96 Å². The van der Waals surface area contributed by atoms with Crippen molar-refractivity contribution >= 4 is 33.1 Å². The number of fused-ring (bicyclic) bond motifs is 4. The Morgan fingerprint density at radius 1 is 1.17 bits per heavy atom. The molecule has 1 fully saturated rings. The number of aromatic amines is 1. The summed E-state index contributed by atoms with van der Waals surface area (Å²) in [5.74, 6) is 0.587.